The van der Waals surface area contributed by atoms with Crippen LogP contribution in [0.15, 0.2) is 24.3 Å². The van der Waals surface area contributed by atoms with Crippen molar-refractivity contribution in [3.05, 3.63) is 29.8 Å². The number of hydrogen-bond donors (Lipinski definition) is 1. The first-order chi connectivity index (χ1) is 8.27. The summed E-state index contributed by atoms with van der Waals surface area (Å²) >= 11 is 0. The predicted molar refractivity (Wildman–Crippen MR) is 72.0 cm³/mol. The lowest BCUT2D eigenvalue weighted by Gasteiger charge is -2.30. The largest absolute Gasteiger partial charge is 0.319 e. The van der Waals surface area contributed by atoms with Crippen molar-refractivity contribution in [1.29, 1.82) is 5.26 Å². The number of nitriles is 1. The van der Waals surface area contributed by atoms with Gasteiger partial charge in [0.2, 0.25) is 5.91 Å². The standard InChI is InChI=1S/C14H19N3O/c1-14(2,3)12(16)13(18)17(4)11-7-5-10(9-15)6-8-11/h5-8,12H,16H2,1-4H3/t12-/m1/s1. The molecule has 0 aliphatic rings. The Morgan fingerprint density at radius 3 is 2.22 bits per heavy atom. The first kappa shape index (κ1) is 14.2. The van der Waals surface area contributed by atoms with Gasteiger partial charge in [0.25, 0.3) is 0 Å². The number of benzene rings is 1. The fourth-order valence-corrected chi connectivity index (χ4v) is 1.47. The zero-order valence-corrected chi connectivity index (χ0v) is 11.3. The van der Waals surface area contributed by atoms with Crippen LogP contribution in [0.1, 0.15) is 26.3 Å². The van der Waals surface area contributed by atoms with Crippen molar-refractivity contribution in [2.75, 3.05) is 11.9 Å². The van der Waals surface area contributed by atoms with Crippen molar-refractivity contribution in [2.45, 2.75) is 26.8 Å². The number of hydrogen-bond acceptors (Lipinski definition) is 3. The lowest BCUT2D eigenvalue weighted by atomic mass is 9.86. The van der Waals surface area contributed by atoms with Gasteiger partial charge < -0.3 is 10.6 Å². The Bertz CT molecular complexity index is 465. The molecular formula is C14H19N3O. The molecule has 18 heavy (non-hydrogen) atoms. The van der Waals surface area contributed by atoms with Crippen LogP contribution in [0.4, 0.5) is 5.69 Å². The number of nitrogens with zero attached hydrogens (tertiary/aromatic N) is 2. The van der Waals surface area contributed by atoms with E-state index in [9.17, 15) is 4.79 Å². The molecule has 1 amide bonds. The molecule has 0 unspecified atom stereocenters. The van der Waals surface area contributed by atoms with Crippen molar-refractivity contribution in [1.82, 2.24) is 0 Å². The molecule has 1 atom stereocenters. The van der Waals surface area contributed by atoms with Crippen molar-refractivity contribution in [3.63, 3.8) is 0 Å². The predicted octanol–water partition coefficient (Wildman–Crippen LogP) is 1.89. The summed E-state index contributed by atoms with van der Waals surface area (Å²) in [5, 5.41) is 8.72. The summed E-state index contributed by atoms with van der Waals surface area (Å²) in [6, 6.07) is 8.33. The lowest BCUT2D eigenvalue weighted by Crippen LogP contribution is -2.49. The fourth-order valence-electron chi connectivity index (χ4n) is 1.47. The molecule has 0 fully saturated rings. The van der Waals surface area contributed by atoms with Crippen LogP contribution in [0, 0.1) is 16.7 Å². The topological polar surface area (TPSA) is 70.1 Å². The van der Waals surface area contributed by atoms with Crippen molar-refractivity contribution in [3.8, 4) is 6.07 Å². The molecule has 2 N–H and O–H groups in total. The van der Waals surface area contributed by atoms with Crippen molar-refractivity contribution >= 4 is 11.6 Å². The van der Waals surface area contributed by atoms with Crippen LogP contribution in [-0.4, -0.2) is 19.0 Å². The molecule has 0 radical (unpaired) electrons. The average molecular weight is 245 g/mol. The Hall–Kier alpha value is -1.86. The Balaban J connectivity index is 2.90. The monoisotopic (exact) mass is 245 g/mol. The quantitative estimate of drug-likeness (QED) is 0.865. The average Bonchev–Trinajstić information content (AvgIpc) is 2.35. The molecule has 0 saturated heterocycles. The highest BCUT2D eigenvalue weighted by Crippen LogP contribution is 2.21. The van der Waals surface area contributed by atoms with E-state index >= 15 is 0 Å². The van der Waals surface area contributed by atoms with E-state index in [4.69, 9.17) is 11.0 Å². The van der Waals surface area contributed by atoms with Gasteiger partial charge in [0.15, 0.2) is 0 Å². The fraction of sp³-hybridized carbons (Fsp3) is 0.429. The minimum Gasteiger partial charge on any atom is -0.319 e. The van der Waals surface area contributed by atoms with E-state index in [2.05, 4.69) is 0 Å². The summed E-state index contributed by atoms with van der Waals surface area (Å²) < 4.78 is 0. The van der Waals surface area contributed by atoms with Crippen LogP contribution in [-0.2, 0) is 4.79 Å². The first-order valence-electron chi connectivity index (χ1n) is 5.80. The van der Waals surface area contributed by atoms with Gasteiger partial charge in [-0.2, -0.15) is 5.26 Å². The third-order valence-electron chi connectivity index (χ3n) is 2.91. The van der Waals surface area contributed by atoms with Gasteiger partial charge in [0.1, 0.15) is 0 Å². The molecule has 0 heterocycles. The number of carbonyl (C=O) groups is 1. The Kier molecular flexibility index (Phi) is 4.10. The van der Waals surface area contributed by atoms with Gasteiger partial charge in [-0.3, -0.25) is 4.79 Å². The molecule has 4 heteroatoms. The van der Waals surface area contributed by atoms with E-state index in [1.807, 2.05) is 26.8 Å². The van der Waals surface area contributed by atoms with Gasteiger partial charge in [0, 0.05) is 12.7 Å². The minimum absolute atomic E-state index is 0.132. The maximum atomic E-state index is 12.2. The normalized spacial score (nSPS) is 12.7. The van der Waals surface area contributed by atoms with Crippen molar-refractivity contribution < 1.29 is 4.79 Å². The summed E-state index contributed by atoms with van der Waals surface area (Å²) in [5.41, 5.74) is 6.97. The molecule has 96 valence electrons. The van der Waals surface area contributed by atoms with E-state index in [-0.39, 0.29) is 11.3 Å². The summed E-state index contributed by atoms with van der Waals surface area (Å²) in [5.74, 6) is -0.132. The number of rotatable bonds is 2. The third kappa shape index (κ3) is 3.08. The summed E-state index contributed by atoms with van der Waals surface area (Å²) in [6.07, 6.45) is 0. The molecular weight excluding hydrogens is 226 g/mol. The second kappa shape index (κ2) is 5.19. The molecule has 0 spiro atoms. The molecule has 0 bridgehead atoms. The van der Waals surface area contributed by atoms with Gasteiger partial charge in [-0.15, -0.1) is 0 Å². The molecule has 1 aromatic carbocycles. The second-order valence-electron chi connectivity index (χ2n) is 5.40. The molecule has 0 aliphatic carbocycles. The highest BCUT2D eigenvalue weighted by atomic mass is 16.2. The maximum Gasteiger partial charge on any atom is 0.244 e. The smallest absolute Gasteiger partial charge is 0.244 e. The highest BCUT2D eigenvalue weighted by molar-refractivity contribution is 5.97. The van der Waals surface area contributed by atoms with E-state index < -0.39 is 6.04 Å². The molecule has 1 aromatic rings. The minimum atomic E-state index is -0.557. The molecule has 0 saturated carbocycles. The second-order valence-corrected chi connectivity index (χ2v) is 5.40. The summed E-state index contributed by atoms with van der Waals surface area (Å²) in [7, 11) is 1.69. The Labute approximate surface area is 108 Å². The van der Waals surface area contributed by atoms with E-state index in [0.29, 0.717) is 5.56 Å². The van der Waals surface area contributed by atoms with Gasteiger partial charge in [-0.05, 0) is 29.7 Å². The zero-order valence-electron chi connectivity index (χ0n) is 11.3. The van der Waals surface area contributed by atoms with Crippen LogP contribution >= 0.6 is 0 Å². The van der Waals surface area contributed by atoms with Crippen LogP contribution in [0.25, 0.3) is 0 Å². The van der Waals surface area contributed by atoms with Gasteiger partial charge in [0.05, 0.1) is 17.7 Å². The Morgan fingerprint density at radius 2 is 1.83 bits per heavy atom. The van der Waals surface area contributed by atoms with E-state index in [1.165, 1.54) is 4.90 Å². The molecule has 4 nitrogen and oxygen atoms in total. The summed E-state index contributed by atoms with van der Waals surface area (Å²) in [6.45, 7) is 5.80. The van der Waals surface area contributed by atoms with Crippen LogP contribution < -0.4 is 10.6 Å². The number of carbonyl (C=O) groups excluding carboxylic acids is 1. The van der Waals surface area contributed by atoms with Crippen LogP contribution in [0.5, 0.6) is 0 Å². The molecule has 0 aromatic heterocycles. The van der Waals surface area contributed by atoms with Crippen molar-refractivity contribution in [2.24, 2.45) is 11.1 Å². The molecule has 0 aliphatic heterocycles. The van der Waals surface area contributed by atoms with Crippen LogP contribution in [0.3, 0.4) is 0 Å². The number of anilines is 1. The highest BCUT2D eigenvalue weighted by Gasteiger charge is 2.30. The zero-order chi connectivity index (χ0) is 13.9. The van der Waals surface area contributed by atoms with E-state index in [1.54, 1.807) is 31.3 Å². The van der Waals surface area contributed by atoms with Gasteiger partial charge >= 0.3 is 0 Å². The molecule has 1 rings (SSSR count). The number of amides is 1. The lowest BCUT2D eigenvalue weighted by molar-refractivity contribution is -0.121. The maximum absolute atomic E-state index is 12.2. The number of nitrogens with two attached hydrogens (primary N) is 1. The first-order valence-corrected chi connectivity index (χ1v) is 5.80. The number of likely N-dealkylation sites (N-methyl/N-ethyl adjacent to an activating group) is 1. The summed E-state index contributed by atoms with van der Waals surface area (Å²) in [4.78, 5) is 13.7. The van der Waals surface area contributed by atoms with Gasteiger partial charge in [-0.1, -0.05) is 20.8 Å². The third-order valence-corrected chi connectivity index (χ3v) is 2.91. The van der Waals surface area contributed by atoms with E-state index in [0.717, 1.165) is 5.69 Å². The van der Waals surface area contributed by atoms with Gasteiger partial charge in [-0.25, -0.2) is 0 Å². The van der Waals surface area contributed by atoms with Crippen LogP contribution in [0.2, 0.25) is 0 Å². The SMILES string of the molecule is CN(C(=O)[C@@H](N)C(C)(C)C)c1ccc(C#N)cc1. The Morgan fingerprint density at radius 1 is 1.33 bits per heavy atom.